The van der Waals surface area contributed by atoms with Crippen LogP contribution in [0, 0.1) is 5.82 Å². The second-order valence-corrected chi connectivity index (χ2v) is 9.44. The van der Waals surface area contributed by atoms with Gasteiger partial charge in [-0.25, -0.2) is 12.8 Å². The third kappa shape index (κ3) is 4.51. The summed E-state index contributed by atoms with van der Waals surface area (Å²) < 4.78 is 41.8. The van der Waals surface area contributed by atoms with E-state index in [1.807, 2.05) is 0 Å². The normalized spacial score (nSPS) is 18.3. The highest BCUT2D eigenvalue weighted by Gasteiger charge is 2.37. The van der Waals surface area contributed by atoms with Gasteiger partial charge in [-0.1, -0.05) is 34.0 Å². The van der Waals surface area contributed by atoms with Gasteiger partial charge in [0, 0.05) is 16.0 Å². The van der Waals surface area contributed by atoms with Crippen LogP contribution >= 0.6 is 27.5 Å². The van der Waals surface area contributed by atoms with E-state index in [1.165, 1.54) is 40.7 Å². The molecule has 1 saturated heterocycles. The summed E-state index contributed by atoms with van der Waals surface area (Å²) in [5.41, 5.74) is 0.0117. The van der Waals surface area contributed by atoms with Gasteiger partial charge in [-0.15, -0.1) is 0 Å². The van der Waals surface area contributed by atoms with Crippen LogP contribution in [0.3, 0.4) is 0 Å². The zero-order valence-corrected chi connectivity index (χ0v) is 17.3. The Balaban J connectivity index is 1.86. The Morgan fingerprint density at radius 2 is 1.89 bits per heavy atom. The Kier molecular flexibility index (Phi) is 6.20. The monoisotopic (exact) mass is 474 g/mol. The number of nitrogens with zero attached hydrogens (tertiary/aromatic N) is 1. The minimum atomic E-state index is -3.87. The molecule has 0 spiro atoms. The van der Waals surface area contributed by atoms with Crippen molar-refractivity contribution in [2.24, 2.45) is 0 Å². The van der Waals surface area contributed by atoms with Gasteiger partial charge in [0.05, 0.1) is 10.6 Å². The number of hydrogen-bond acceptors (Lipinski definition) is 3. The summed E-state index contributed by atoms with van der Waals surface area (Å²) in [6.45, 7) is 0.228. The number of hydrogen-bond donors (Lipinski definition) is 1. The third-order valence-corrected chi connectivity index (χ3v) is 7.03. The van der Waals surface area contributed by atoms with Crippen molar-refractivity contribution in [3.63, 3.8) is 0 Å². The van der Waals surface area contributed by atoms with Crippen LogP contribution in [0.5, 0.6) is 0 Å². The van der Waals surface area contributed by atoms with Crippen LogP contribution in [0.2, 0.25) is 5.02 Å². The van der Waals surface area contributed by atoms with Crippen LogP contribution in [0.1, 0.15) is 19.3 Å². The van der Waals surface area contributed by atoms with Crippen molar-refractivity contribution < 1.29 is 17.6 Å². The predicted molar refractivity (Wildman–Crippen MR) is 106 cm³/mol. The summed E-state index contributed by atoms with van der Waals surface area (Å²) in [6, 6.07) is 9.17. The highest BCUT2D eigenvalue weighted by atomic mass is 79.9. The number of amides is 1. The Morgan fingerprint density at radius 3 is 2.56 bits per heavy atom. The zero-order chi connectivity index (χ0) is 19.6. The van der Waals surface area contributed by atoms with Crippen LogP contribution in [0.25, 0.3) is 0 Å². The molecule has 2 aromatic rings. The average molecular weight is 476 g/mol. The molecule has 2 aromatic carbocycles. The Bertz CT molecular complexity index is 954. The highest BCUT2D eigenvalue weighted by Crippen LogP contribution is 2.28. The molecule has 0 saturated carbocycles. The van der Waals surface area contributed by atoms with E-state index in [2.05, 4.69) is 21.2 Å². The van der Waals surface area contributed by atoms with Gasteiger partial charge in [0.2, 0.25) is 15.9 Å². The number of anilines is 1. The van der Waals surface area contributed by atoms with Crippen LogP contribution in [0.15, 0.2) is 51.8 Å². The molecule has 3 rings (SSSR count). The molecule has 1 heterocycles. The number of carbonyl (C=O) groups is 1. The quantitative estimate of drug-likeness (QED) is 0.712. The number of benzene rings is 2. The van der Waals surface area contributed by atoms with E-state index in [-0.39, 0.29) is 17.1 Å². The van der Waals surface area contributed by atoms with Crippen molar-refractivity contribution in [1.29, 1.82) is 0 Å². The largest absolute Gasteiger partial charge is 0.322 e. The fourth-order valence-corrected chi connectivity index (χ4v) is 5.12. The molecular weight excluding hydrogens is 459 g/mol. The van der Waals surface area contributed by atoms with Crippen LogP contribution < -0.4 is 5.32 Å². The topological polar surface area (TPSA) is 66.5 Å². The molecule has 0 bridgehead atoms. The molecule has 0 radical (unpaired) electrons. The van der Waals surface area contributed by atoms with Gasteiger partial charge in [0.15, 0.2) is 0 Å². The summed E-state index contributed by atoms with van der Waals surface area (Å²) in [4.78, 5) is 12.8. The fourth-order valence-electron chi connectivity index (χ4n) is 3.00. The maximum Gasteiger partial charge on any atom is 0.243 e. The summed E-state index contributed by atoms with van der Waals surface area (Å²) in [5, 5.41) is 2.93. The second-order valence-electron chi connectivity index (χ2n) is 6.19. The van der Waals surface area contributed by atoms with E-state index >= 15 is 0 Å². The summed E-state index contributed by atoms with van der Waals surface area (Å²) >= 11 is 8.99. The summed E-state index contributed by atoms with van der Waals surface area (Å²) in [6.07, 6.45) is 1.74. The predicted octanol–water partition coefficient (Wildman–Crippen LogP) is 4.42. The van der Waals surface area contributed by atoms with Gasteiger partial charge in [-0.2, -0.15) is 4.31 Å². The molecular formula is C18H17BrClFN2O3S. The van der Waals surface area contributed by atoms with Crippen molar-refractivity contribution in [3.05, 3.63) is 57.8 Å². The SMILES string of the molecule is O=C(Nc1ccc(Br)cc1F)[C@@H]1CCCCN1S(=O)(=O)c1ccc(Cl)cc1. The van der Waals surface area contributed by atoms with Gasteiger partial charge < -0.3 is 5.32 Å². The van der Waals surface area contributed by atoms with E-state index in [1.54, 1.807) is 6.07 Å². The minimum absolute atomic E-state index is 0.0117. The molecule has 0 unspecified atom stereocenters. The maximum absolute atomic E-state index is 14.0. The molecule has 5 nitrogen and oxygen atoms in total. The number of nitrogens with one attached hydrogen (secondary N) is 1. The Morgan fingerprint density at radius 1 is 1.19 bits per heavy atom. The first kappa shape index (κ1) is 20.3. The van der Waals surface area contributed by atoms with Crippen LogP contribution in [-0.2, 0) is 14.8 Å². The molecule has 9 heteroatoms. The van der Waals surface area contributed by atoms with Crippen molar-refractivity contribution in [2.45, 2.75) is 30.2 Å². The molecule has 1 N–H and O–H groups in total. The second kappa shape index (κ2) is 8.26. The van der Waals surface area contributed by atoms with Crippen molar-refractivity contribution >= 4 is 49.1 Å². The minimum Gasteiger partial charge on any atom is -0.322 e. The van der Waals surface area contributed by atoms with Gasteiger partial charge in [-0.05, 0) is 55.3 Å². The van der Waals surface area contributed by atoms with E-state index in [4.69, 9.17) is 11.6 Å². The van der Waals surface area contributed by atoms with E-state index in [9.17, 15) is 17.6 Å². The first-order valence-corrected chi connectivity index (χ1v) is 10.9. The van der Waals surface area contributed by atoms with Crippen LogP contribution in [0.4, 0.5) is 10.1 Å². The fraction of sp³-hybridized carbons (Fsp3) is 0.278. The Labute approximate surface area is 170 Å². The molecule has 0 aliphatic carbocycles. The Hall–Kier alpha value is -1.48. The first-order valence-electron chi connectivity index (χ1n) is 8.32. The summed E-state index contributed by atoms with van der Waals surface area (Å²) in [5.74, 6) is -1.14. The van der Waals surface area contributed by atoms with Gasteiger partial charge >= 0.3 is 0 Å². The lowest BCUT2D eigenvalue weighted by Gasteiger charge is -2.33. The van der Waals surface area contributed by atoms with E-state index in [0.717, 1.165) is 0 Å². The van der Waals surface area contributed by atoms with Crippen molar-refractivity contribution in [1.82, 2.24) is 4.31 Å². The van der Waals surface area contributed by atoms with Crippen molar-refractivity contribution in [2.75, 3.05) is 11.9 Å². The molecule has 1 aliphatic heterocycles. The average Bonchev–Trinajstić information content (AvgIpc) is 2.64. The molecule has 1 amide bonds. The van der Waals surface area contributed by atoms with E-state index in [0.29, 0.717) is 28.8 Å². The van der Waals surface area contributed by atoms with Gasteiger partial charge in [0.1, 0.15) is 11.9 Å². The number of rotatable bonds is 4. The van der Waals surface area contributed by atoms with Crippen molar-refractivity contribution in [3.8, 4) is 0 Å². The zero-order valence-electron chi connectivity index (χ0n) is 14.2. The molecule has 1 aliphatic rings. The molecule has 144 valence electrons. The molecule has 0 aromatic heterocycles. The lowest BCUT2D eigenvalue weighted by atomic mass is 10.0. The maximum atomic E-state index is 14.0. The highest BCUT2D eigenvalue weighted by molar-refractivity contribution is 9.10. The smallest absolute Gasteiger partial charge is 0.243 e. The molecule has 1 fully saturated rings. The lowest BCUT2D eigenvalue weighted by molar-refractivity contribution is -0.120. The molecule has 1 atom stereocenters. The summed E-state index contributed by atoms with van der Waals surface area (Å²) in [7, 11) is -3.87. The number of sulfonamides is 1. The third-order valence-electron chi connectivity index (χ3n) is 4.37. The number of halogens is 3. The lowest BCUT2D eigenvalue weighted by Crippen LogP contribution is -2.49. The van der Waals surface area contributed by atoms with Crippen LogP contribution in [-0.4, -0.2) is 31.2 Å². The number of piperidine rings is 1. The number of carbonyl (C=O) groups excluding carboxylic acids is 1. The first-order chi connectivity index (χ1) is 12.8. The van der Waals surface area contributed by atoms with E-state index < -0.39 is 27.8 Å². The molecule has 27 heavy (non-hydrogen) atoms. The van der Waals surface area contributed by atoms with Gasteiger partial charge in [-0.3, -0.25) is 4.79 Å². The standard InChI is InChI=1S/C18H17BrClFN2O3S/c19-12-4-9-16(15(21)11-12)22-18(24)17-3-1-2-10-23(17)27(25,26)14-7-5-13(20)6-8-14/h4-9,11,17H,1-3,10H2,(H,22,24)/t17-/m0/s1. The van der Waals surface area contributed by atoms with Gasteiger partial charge in [0.25, 0.3) is 0 Å².